The molecule has 45 heavy (non-hydrogen) atoms. The lowest BCUT2D eigenvalue weighted by molar-refractivity contribution is -0.133. The summed E-state index contributed by atoms with van der Waals surface area (Å²) in [4.78, 5) is 34.0. The number of amides is 1. The normalized spacial score (nSPS) is 20.3. The molecule has 3 aliphatic rings. The molecule has 1 aliphatic carbocycles. The van der Waals surface area contributed by atoms with E-state index >= 15 is 0 Å². The van der Waals surface area contributed by atoms with Gasteiger partial charge in [-0.15, -0.1) is 0 Å². The Morgan fingerprint density at radius 2 is 1.80 bits per heavy atom. The van der Waals surface area contributed by atoms with E-state index in [0.29, 0.717) is 37.0 Å². The number of piperidine rings is 2. The molecule has 0 saturated carbocycles. The summed E-state index contributed by atoms with van der Waals surface area (Å²) < 4.78 is 8.52. The number of hydrogen-bond acceptors (Lipinski definition) is 6. The van der Waals surface area contributed by atoms with Crippen molar-refractivity contribution in [3.05, 3.63) is 84.8 Å². The molecule has 2 fully saturated rings. The van der Waals surface area contributed by atoms with Crippen molar-refractivity contribution in [1.82, 2.24) is 19.4 Å². The van der Waals surface area contributed by atoms with Crippen LogP contribution in [0.25, 0.3) is 0 Å². The van der Waals surface area contributed by atoms with Crippen LogP contribution in [0.2, 0.25) is 5.02 Å². The standard InChI is InChI=1S/C34H39Br2ClN4O4/c1-45-34(44)28-3-2-10-41(28)20-30(43)40-11-6-21(7-12-40)15-29(42)39-13-8-22(9-14-39)32-31-23(17-26(37)18-27(31)36)4-5-24-16-25(35)19-38-33(24)32/h2-3,10,16-19,21-22,29,32,42H,4-9,11-15,20H2,1H3/t29?,32-/m1/s1. The molecule has 2 aromatic heterocycles. The predicted octanol–water partition coefficient (Wildman–Crippen LogP) is 6.44. The number of carbonyl (C=O) groups is 2. The molecule has 8 nitrogen and oxygen atoms in total. The number of nitrogens with zero attached hydrogens (tertiary/aromatic N) is 4. The van der Waals surface area contributed by atoms with Gasteiger partial charge >= 0.3 is 5.97 Å². The molecular formula is C34H39Br2ClN4O4. The minimum atomic E-state index is -0.492. The lowest BCUT2D eigenvalue weighted by Gasteiger charge is -2.40. The van der Waals surface area contributed by atoms with E-state index in [1.807, 2.05) is 17.2 Å². The van der Waals surface area contributed by atoms with E-state index in [2.05, 4.69) is 48.9 Å². The van der Waals surface area contributed by atoms with Gasteiger partial charge in [-0.25, -0.2) is 4.79 Å². The monoisotopic (exact) mass is 760 g/mol. The summed E-state index contributed by atoms with van der Waals surface area (Å²) >= 11 is 14.0. The number of methoxy groups -OCH3 is 1. The van der Waals surface area contributed by atoms with Crippen LogP contribution >= 0.6 is 43.5 Å². The molecule has 11 heteroatoms. The third-order valence-corrected chi connectivity index (χ3v) is 11.2. The van der Waals surface area contributed by atoms with Crippen molar-refractivity contribution in [1.29, 1.82) is 0 Å². The maximum Gasteiger partial charge on any atom is 0.354 e. The van der Waals surface area contributed by atoms with Crippen LogP contribution in [0, 0.1) is 11.8 Å². The second-order valence-electron chi connectivity index (χ2n) is 12.6. The number of ether oxygens (including phenoxy) is 1. The Balaban J connectivity index is 1.05. The first kappa shape index (κ1) is 32.7. The maximum atomic E-state index is 13.0. The first-order chi connectivity index (χ1) is 21.7. The lowest BCUT2D eigenvalue weighted by Crippen LogP contribution is -2.45. The fourth-order valence-electron chi connectivity index (χ4n) is 7.53. The third-order valence-electron chi connectivity index (χ3n) is 9.93. The zero-order valence-electron chi connectivity index (χ0n) is 25.4. The molecule has 1 N–H and O–H groups in total. The fourth-order valence-corrected chi connectivity index (χ4v) is 9.03. The number of esters is 1. The minimum absolute atomic E-state index is 0.00478. The number of aliphatic hydroxyl groups is 1. The number of benzene rings is 1. The maximum absolute atomic E-state index is 13.0. The highest BCUT2D eigenvalue weighted by Gasteiger charge is 2.37. The van der Waals surface area contributed by atoms with E-state index in [0.717, 1.165) is 65.6 Å². The molecule has 1 amide bonds. The van der Waals surface area contributed by atoms with Gasteiger partial charge in [0.15, 0.2) is 0 Å². The Morgan fingerprint density at radius 3 is 2.53 bits per heavy atom. The van der Waals surface area contributed by atoms with Crippen LogP contribution in [0.5, 0.6) is 0 Å². The van der Waals surface area contributed by atoms with Crippen LogP contribution in [0.15, 0.2) is 51.7 Å². The highest BCUT2D eigenvalue weighted by atomic mass is 79.9. The predicted molar refractivity (Wildman–Crippen MR) is 180 cm³/mol. The van der Waals surface area contributed by atoms with Gasteiger partial charge in [0.2, 0.25) is 5.91 Å². The van der Waals surface area contributed by atoms with E-state index in [9.17, 15) is 14.7 Å². The second-order valence-corrected chi connectivity index (χ2v) is 14.8. The van der Waals surface area contributed by atoms with Crippen LogP contribution in [0.1, 0.15) is 70.9 Å². The molecule has 4 heterocycles. The van der Waals surface area contributed by atoms with Crippen LogP contribution in [0.3, 0.4) is 0 Å². The Hall–Kier alpha value is -2.24. The number of hydrogen-bond donors (Lipinski definition) is 1. The van der Waals surface area contributed by atoms with Crippen molar-refractivity contribution in [2.24, 2.45) is 11.8 Å². The van der Waals surface area contributed by atoms with Crippen LogP contribution in [0.4, 0.5) is 0 Å². The quantitative estimate of drug-likeness (QED) is 0.279. The Kier molecular flexibility index (Phi) is 10.4. The fraction of sp³-hybridized carbons (Fsp3) is 0.500. The van der Waals surface area contributed by atoms with Crippen molar-refractivity contribution in [2.45, 2.75) is 63.6 Å². The molecule has 3 aromatic rings. The summed E-state index contributed by atoms with van der Waals surface area (Å²) in [5, 5.41) is 12.1. The summed E-state index contributed by atoms with van der Waals surface area (Å²) in [6.45, 7) is 3.12. The molecule has 2 atom stereocenters. The average Bonchev–Trinajstić information content (AvgIpc) is 3.43. The summed E-state index contributed by atoms with van der Waals surface area (Å²) in [7, 11) is 1.34. The highest BCUT2D eigenvalue weighted by Crippen LogP contribution is 2.46. The van der Waals surface area contributed by atoms with Crippen molar-refractivity contribution in [3.63, 3.8) is 0 Å². The van der Waals surface area contributed by atoms with Gasteiger partial charge < -0.3 is 19.3 Å². The van der Waals surface area contributed by atoms with Gasteiger partial charge in [0, 0.05) is 58.5 Å². The molecule has 1 aromatic carbocycles. The van der Waals surface area contributed by atoms with Gasteiger partial charge in [-0.2, -0.15) is 0 Å². The molecule has 2 aliphatic heterocycles. The van der Waals surface area contributed by atoms with Crippen molar-refractivity contribution < 1.29 is 19.4 Å². The molecule has 1 unspecified atom stereocenters. The number of aromatic nitrogens is 2. The average molecular weight is 763 g/mol. The van der Waals surface area contributed by atoms with Crippen molar-refractivity contribution in [2.75, 3.05) is 33.3 Å². The number of fused-ring (bicyclic) bond motifs is 2. The first-order valence-corrected chi connectivity index (χ1v) is 17.7. The van der Waals surface area contributed by atoms with Gasteiger partial charge in [0.25, 0.3) is 0 Å². The summed E-state index contributed by atoms with van der Waals surface area (Å²) in [6, 6.07) is 9.75. The molecule has 240 valence electrons. The van der Waals surface area contributed by atoms with E-state index in [1.54, 1.807) is 22.9 Å². The lowest BCUT2D eigenvalue weighted by atomic mass is 9.76. The molecule has 6 rings (SSSR count). The molecular weight excluding hydrogens is 724 g/mol. The molecule has 2 saturated heterocycles. The topological polar surface area (TPSA) is 87.9 Å². The summed E-state index contributed by atoms with van der Waals surface area (Å²) in [5.41, 5.74) is 5.43. The van der Waals surface area contributed by atoms with Crippen molar-refractivity contribution >= 4 is 55.3 Å². The molecule has 0 bridgehead atoms. The summed E-state index contributed by atoms with van der Waals surface area (Å²) in [6.07, 6.45) is 9.41. The van der Waals surface area contributed by atoms with Crippen LogP contribution < -0.4 is 0 Å². The number of aryl methyl sites for hydroxylation is 2. The van der Waals surface area contributed by atoms with E-state index in [-0.39, 0.29) is 18.4 Å². The van der Waals surface area contributed by atoms with Gasteiger partial charge in [-0.05, 0) is 120 Å². The largest absolute Gasteiger partial charge is 0.464 e. The van der Waals surface area contributed by atoms with E-state index in [4.69, 9.17) is 21.3 Å². The Morgan fingerprint density at radius 1 is 1.07 bits per heavy atom. The molecule has 0 spiro atoms. The number of rotatable bonds is 7. The minimum Gasteiger partial charge on any atom is -0.464 e. The molecule has 0 radical (unpaired) electrons. The number of carbonyl (C=O) groups excluding carboxylic acids is 2. The number of pyridine rings is 1. The number of aliphatic hydroxyl groups excluding tert-OH is 1. The SMILES string of the molecule is COC(=O)c1cccn1CC(=O)N1CCC(CC(O)N2CCC([C@H]3c4ncc(Br)cc4CCc4cc(Cl)cc(Br)c43)CC2)CC1. The number of halogens is 3. The van der Waals surface area contributed by atoms with Gasteiger partial charge in [-0.1, -0.05) is 27.5 Å². The van der Waals surface area contributed by atoms with Gasteiger partial charge in [-0.3, -0.25) is 14.7 Å². The van der Waals surface area contributed by atoms with E-state index < -0.39 is 12.2 Å². The number of likely N-dealkylation sites (tertiary alicyclic amines) is 2. The second kappa shape index (κ2) is 14.3. The smallest absolute Gasteiger partial charge is 0.354 e. The zero-order chi connectivity index (χ0) is 31.7. The van der Waals surface area contributed by atoms with Gasteiger partial charge in [0.1, 0.15) is 18.5 Å². The Bertz CT molecular complexity index is 1550. The van der Waals surface area contributed by atoms with Crippen molar-refractivity contribution in [3.8, 4) is 0 Å². The zero-order valence-corrected chi connectivity index (χ0v) is 29.4. The van der Waals surface area contributed by atoms with E-state index in [1.165, 1.54) is 29.5 Å². The first-order valence-electron chi connectivity index (χ1n) is 15.8. The van der Waals surface area contributed by atoms with Crippen LogP contribution in [-0.4, -0.2) is 75.9 Å². The van der Waals surface area contributed by atoms with Crippen LogP contribution in [-0.2, 0) is 28.9 Å². The summed E-state index contributed by atoms with van der Waals surface area (Å²) in [5.74, 6) is 0.493. The Labute approximate surface area is 286 Å². The highest BCUT2D eigenvalue weighted by molar-refractivity contribution is 9.10. The van der Waals surface area contributed by atoms with Gasteiger partial charge in [0.05, 0.1) is 12.8 Å². The third kappa shape index (κ3) is 7.20.